The Hall–Kier alpha value is -2.60. The van der Waals surface area contributed by atoms with Crippen LogP contribution in [0.1, 0.15) is 11.1 Å². The number of anilines is 1. The molecule has 6 heteroatoms. The first-order chi connectivity index (χ1) is 11.6. The molecular weight excluding hydrogens is 320 g/mol. The smallest absolute Gasteiger partial charge is 0.234 e. The fourth-order valence-electron chi connectivity index (χ4n) is 2.23. The summed E-state index contributed by atoms with van der Waals surface area (Å²) in [5.74, 6) is 0.359. The first-order valence-electron chi connectivity index (χ1n) is 7.58. The highest BCUT2D eigenvalue weighted by molar-refractivity contribution is 8.00. The van der Waals surface area contributed by atoms with Crippen LogP contribution in [-0.4, -0.2) is 26.7 Å². The van der Waals surface area contributed by atoms with Gasteiger partial charge in [0.05, 0.1) is 23.8 Å². The second-order valence-corrected chi connectivity index (χ2v) is 6.49. The lowest BCUT2D eigenvalue weighted by Gasteiger charge is -2.08. The van der Waals surface area contributed by atoms with E-state index in [4.69, 9.17) is 0 Å². The van der Waals surface area contributed by atoms with Crippen LogP contribution < -0.4 is 5.32 Å². The molecule has 3 aromatic rings. The summed E-state index contributed by atoms with van der Waals surface area (Å²) in [6, 6.07) is 13.7. The minimum atomic E-state index is -0.0223. The molecule has 2 aromatic carbocycles. The summed E-state index contributed by atoms with van der Waals surface area (Å²) in [6.45, 7) is 4.11. The zero-order chi connectivity index (χ0) is 16.9. The lowest BCUT2D eigenvalue weighted by molar-refractivity contribution is -0.113. The van der Waals surface area contributed by atoms with E-state index in [2.05, 4.69) is 47.6 Å². The number of aryl methyl sites for hydroxylation is 2. The van der Waals surface area contributed by atoms with Crippen LogP contribution in [-0.2, 0) is 4.79 Å². The standard InChI is InChI=1S/C18H18N4OS/c1-13-3-4-14(2)17(11-13)24-12-18(23)21-15-5-7-16(8-6-15)22-19-9-10-20-22/h3-11H,12H2,1-2H3,(H,21,23). The number of thioether (sulfide) groups is 1. The molecule has 0 fully saturated rings. The summed E-state index contributed by atoms with van der Waals surface area (Å²) in [5, 5.41) is 11.0. The van der Waals surface area contributed by atoms with Crippen LogP contribution in [0.15, 0.2) is 59.8 Å². The molecule has 0 aliphatic rings. The Bertz CT molecular complexity index is 829. The van der Waals surface area contributed by atoms with Crippen LogP contribution in [0.3, 0.4) is 0 Å². The Kier molecular flexibility index (Phi) is 4.96. The summed E-state index contributed by atoms with van der Waals surface area (Å²) in [6.07, 6.45) is 3.25. The highest BCUT2D eigenvalue weighted by Gasteiger charge is 2.06. The molecule has 0 atom stereocenters. The highest BCUT2D eigenvalue weighted by Crippen LogP contribution is 2.23. The van der Waals surface area contributed by atoms with Crippen molar-refractivity contribution in [2.75, 3.05) is 11.1 Å². The van der Waals surface area contributed by atoms with Crippen LogP contribution in [0.5, 0.6) is 0 Å². The number of benzene rings is 2. The number of nitrogens with zero attached hydrogens (tertiary/aromatic N) is 3. The molecule has 0 radical (unpaired) electrons. The minimum Gasteiger partial charge on any atom is -0.325 e. The zero-order valence-corrected chi connectivity index (χ0v) is 14.4. The zero-order valence-electron chi connectivity index (χ0n) is 13.6. The van der Waals surface area contributed by atoms with E-state index in [0.29, 0.717) is 5.75 Å². The van der Waals surface area contributed by atoms with Crippen LogP contribution in [0, 0.1) is 13.8 Å². The second kappa shape index (κ2) is 7.31. The molecule has 0 saturated heterocycles. The van der Waals surface area contributed by atoms with Crippen molar-refractivity contribution >= 4 is 23.4 Å². The summed E-state index contributed by atoms with van der Waals surface area (Å²) >= 11 is 1.55. The first kappa shape index (κ1) is 16.3. The van der Waals surface area contributed by atoms with Gasteiger partial charge in [-0.2, -0.15) is 15.0 Å². The molecule has 0 aliphatic carbocycles. The van der Waals surface area contributed by atoms with Crippen molar-refractivity contribution in [2.45, 2.75) is 18.7 Å². The summed E-state index contributed by atoms with van der Waals surface area (Å²) in [4.78, 5) is 14.8. The van der Waals surface area contributed by atoms with Crippen LogP contribution in [0.4, 0.5) is 5.69 Å². The Balaban J connectivity index is 1.58. The molecule has 3 rings (SSSR count). The van der Waals surface area contributed by atoms with Gasteiger partial charge in [-0.15, -0.1) is 11.8 Å². The molecule has 1 heterocycles. The van der Waals surface area contributed by atoms with Gasteiger partial charge in [0.1, 0.15) is 0 Å². The summed E-state index contributed by atoms with van der Waals surface area (Å²) in [5.41, 5.74) is 4.00. The Labute approximate surface area is 145 Å². The maximum absolute atomic E-state index is 12.1. The number of rotatable bonds is 5. The Morgan fingerprint density at radius 3 is 2.50 bits per heavy atom. The molecule has 5 nitrogen and oxygen atoms in total. The third kappa shape index (κ3) is 4.02. The van der Waals surface area contributed by atoms with Gasteiger partial charge >= 0.3 is 0 Å². The van der Waals surface area contributed by atoms with Gasteiger partial charge in [-0.25, -0.2) is 0 Å². The predicted molar refractivity (Wildman–Crippen MR) is 96.6 cm³/mol. The van der Waals surface area contributed by atoms with E-state index < -0.39 is 0 Å². The normalized spacial score (nSPS) is 10.6. The molecule has 1 amide bonds. The molecular formula is C18H18N4OS. The Morgan fingerprint density at radius 1 is 1.08 bits per heavy atom. The van der Waals surface area contributed by atoms with E-state index >= 15 is 0 Å². The van der Waals surface area contributed by atoms with Gasteiger partial charge in [0.2, 0.25) is 5.91 Å². The molecule has 0 saturated carbocycles. The molecule has 0 bridgehead atoms. The van der Waals surface area contributed by atoms with Crippen molar-refractivity contribution in [1.29, 1.82) is 0 Å². The lowest BCUT2D eigenvalue weighted by Crippen LogP contribution is -2.14. The van der Waals surface area contributed by atoms with Crippen molar-refractivity contribution < 1.29 is 4.79 Å². The summed E-state index contributed by atoms with van der Waals surface area (Å²) in [7, 11) is 0. The van der Waals surface area contributed by atoms with Gasteiger partial charge in [0.15, 0.2) is 0 Å². The lowest BCUT2D eigenvalue weighted by atomic mass is 10.2. The number of amides is 1. The molecule has 0 unspecified atom stereocenters. The third-order valence-electron chi connectivity index (χ3n) is 3.50. The third-order valence-corrected chi connectivity index (χ3v) is 4.66. The first-order valence-corrected chi connectivity index (χ1v) is 8.57. The average molecular weight is 338 g/mol. The van der Waals surface area contributed by atoms with E-state index in [-0.39, 0.29) is 5.91 Å². The van der Waals surface area contributed by atoms with Crippen molar-refractivity contribution in [1.82, 2.24) is 15.0 Å². The number of aromatic nitrogens is 3. The van der Waals surface area contributed by atoms with Gasteiger partial charge < -0.3 is 5.32 Å². The van der Waals surface area contributed by atoms with Gasteiger partial charge in [-0.05, 0) is 49.7 Å². The van der Waals surface area contributed by atoms with E-state index in [0.717, 1.165) is 16.3 Å². The van der Waals surface area contributed by atoms with E-state index in [9.17, 15) is 4.79 Å². The molecule has 0 aliphatic heterocycles. The Morgan fingerprint density at radius 2 is 1.79 bits per heavy atom. The monoisotopic (exact) mass is 338 g/mol. The quantitative estimate of drug-likeness (QED) is 0.722. The van der Waals surface area contributed by atoms with Gasteiger partial charge in [-0.1, -0.05) is 17.7 Å². The molecule has 1 N–H and O–H groups in total. The fourth-order valence-corrected chi connectivity index (χ4v) is 3.15. The number of hydrogen-bond donors (Lipinski definition) is 1. The van der Waals surface area contributed by atoms with Gasteiger partial charge in [0.25, 0.3) is 0 Å². The average Bonchev–Trinajstić information content (AvgIpc) is 3.11. The van der Waals surface area contributed by atoms with Crippen LogP contribution in [0.25, 0.3) is 5.69 Å². The molecule has 24 heavy (non-hydrogen) atoms. The largest absolute Gasteiger partial charge is 0.325 e. The molecule has 122 valence electrons. The van der Waals surface area contributed by atoms with Crippen LogP contribution in [0.2, 0.25) is 0 Å². The van der Waals surface area contributed by atoms with Crippen molar-refractivity contribution in [2.24, 2.45) is 0 Å². The maximum Gasteiger partial charge on any atom is 0.234 e. The van der Waals surface area contributed by atoms with Crippen molar-refractivity contribution in [3.05, 3.63) is 66.0 Å². The SMILES string of the molecule is Cc1ccc(C)c(SCC(=O)Nc2ccc(-n3nccn3)cc2)c1. The minimum absolute atomic E-state index is 0.0223. The van der Waals surface area contributed by atoms with Gasteiger partial charge in [-0.3, -0.25) is 4.79 Å². The summed E-state index contributed by atoms with van der Waals surface area (Å²) < 4.78 is 0. The second-order valence-electron chi connectivity index (χ2n) is 5.47. The van der Waals surface area contributed by atoms with Crippen molar-refractivity contribution in [3.8, 4) is 5.69 Å². The fraction of sp³-hybridized carbons (Fsp3) is 0.167. The number of carbonyl (C=O) groups excluding carboxylic acids is 1. The van der Waals surface area contributed by atoms with Crippen LogP contribution >= 0.6 is 11.8 Å². The molecule has 0 spiro atoms. The number of carbonyl (C=O) groups is 1. The van der Waals surface area contributed by atoms with Gasteiger partial charge in [0, 0.05) is 10.6 Å². The van der Waals surface area contributed by atoms with E-state index in [1.165, 1.54) is 15.9 Å². The van der Waals surface area contributed by atoms with E-state index in [1.807, 2.05) is 24.3 Å². The van der Waals surface area contributed by atoms with Crippen molar-refractivity contribution in [3.63, 3.8) is 0 Å². The maximum atomic E-state index is 12.1. The number of nitrogens with one attached hydrogen (secondary N) is 1. The molecule has 1 aromatic heterocycles. The predicted octanol–water partition coefficient (Wildman–Crippen LogP) is 3.61. The topological polar surface area (TPSA) is 59.8 Å². The number of hydrogen-bond acceptors (Lipinski definition) is 4. The van der Waals surface area contributed by atoms with E-state index in [1.54, 1.807) is 24.2 Å². The highest BCUT2D eigenvalue weighted by atomic mass is 32.2.